The molecule has 0 saturated carbocycles. The molecular weight excluding hydrogens is 333 g/mol. The summed E-state index contributed by atoms with van der Waals surface area (Å²) in [4.78, 5) is 14.1. The Morgan fingerprint density at radius 3 is 2.42 bits per heavy atom. The van der Waals surface area contributed by atoms with E-state index in [-0.39, 0.29) is 17.1 Å². The van der Waals surface area contributed by atoms with Gasteiger partial charge in [-0.1, -0.05) is 18.2 Å². The van der Waals surface area contributed by atoms with Crippen LogP contribution < -0.4 is 0 Å². The van der Waals surface area contributed by atoms with E-state index in [1.807, 2.05) is 26.0 Å². The molecule has 0 amide bonds. The van der Waals surface area contributed by atoms with Crippen LogP contribution in [-0.4, -0.2) is 16.1 Å². The molecule has 5 heteroatoms. The molecule has 4 rings (SSSR count). The summed E-state index contributed by atoms with van der Waals surface area (Å²) >= 11 is 0. The minimum absolute atomic E-state index is 0.169. The summed E-state index contributed by atoms with van der Waals surface area (Å²) in [6.45, 7) is 3.82. The molecular formula is C21H16FNO3. The second kappa shape index (κ2) is 5.88. The van der Waals surface area contributed by atoms with E-state index in [2.05, 4.69) is 4.98 Å². The number of fused-ring (bicyclic) bond motifs is 1. The van der Waals surface area contributed by atoms with Crippen LogP contribution in [0.3, 0.4) is 0 Å². The maximum atomic E-state index is 14.8. The summed E-state index contributed by atoms with van der Waals surface area (Å²) in [5.74, 6) is -1.19. The number of benzene rings is 2. The highest BCUT2D eigenvalue weighted by Gasteiger charge is 2.19. The number of furan rings is 1. The fourth-order valence-electron chi connectivity index (χ4n) is 3.18. The van der Waals surface area contributed by atoms with Crippen molar-refractivity contribution in [3.63, 3.8) is 0 Å². The number of hydrogen-bond donors (Lipinski definition) is 2. The Labute approximate surface area is 148 Å². The number of halogens is 1. The van der Waals surface area contributed by atoms with Gasteiger partial charge in [0.15, 0.2) is 11.6 Å². The normalized spacial score (nSPS) is 11.2. The number of carboxylic acid groups (broad SMARTS) is 1. The lowest BCUT2D eigenvalue weighted by Gasteiger charge is -1.99. The van der Waals surface area contributed by atoms with Crippen molar-refractivity contribution >= 4 is 16.9 Å². The Kier molecular flexibility index (Phi) is 3.65. The largest absolute Gasteiger partial charge is 0.478 e. The molecule has 0 aliphatic rings. The number of nitrogens with one attached hydrogen (secondary N) is 1. The Balaban J connectivity index is 1.76. The van der Waals surface area contributed by atoms with Crippen molar-refractivity contribution < 1.29 is 18.7 Å². The van der Waals surface area contributed by atoms with Gasteiger partial charge in [0.05, 0.1) is 16.6 Å². The van der Waals surface area contributed by atoms with Gasteiger partial charge in [-0.2, -0.15) is 0 Å². The molecule has 0 spiro atoms. The topological polar surface area (TPSA) is 66.2 Å². The first-order valence-corrected chi connectivity index (χ1v) is 8.16. The maximum Gasteiger partial charge on any atom is 0.335 e. The summed E-state index contributed by atoms with van der Waals surface area (Å²) in [7, 11) is 0. The fraction of sp³-hybridized carbons (Fsp3) is 0.0952. The van der Waals surface area contributed by atoms with Crippen molar-refractivity contribution in [2.45, 2.75) is 13.8 Å². The van der Waals surface area contributed by atoms with Gasteiger partial charge in [-0.3, -0.25) is 0 Å². The number of carboxylic acids is 1. The molecule has 0 atom stereocenters. The van der Waals surface area contributed by atoms with E-state index >= 15 is 0 Å². The molecule has 4 aromatic rings. The molecule has 2 heterocycles. The summed E-state index contributed by atoms with van der Waals surface area (Å²) in [6.07, 6.45) is 0. The minimum Gasteiger partial charge on any atom is -0.478 e. The van der Waals surface area contributed by atoms with Crippen molar-refractivity contribution in [3.8, 4) is 22.7 Å². The van der Waals surface area contributed by atoms with Gasteiger partial charge < -0.3 is 14.5 Å². The number of aryl methyl sites for hydroxylation is 2. The third kappa shape index (κ3) is 2.58. The molecule has 0 fully saturated rings. The zero-order chi connectivity index (χ0) is 18.4. The van der Waals surface area contributed by atoms with Crippen LogP contribution in [0.2, 0.25) is 0 Å². The van der Waals surface area contributed by atoms with Crippen LogP contribution in [0, 0.1) is 19.7 Å². The van der Waals surface area contributed by atoms with Gasteiger partial charge in [-0.25, -0.2) is 9.18 Å². The average molecular weight is 349 g/mol. The molecule has 0 bridgehead atoms. The summed E-state index contributed by atoms with van der Waals surface area (Å²) in [5, 5.41) is 9.45. The second-order valence-electron chi connectivity index (χ2n) is 6.37. The predicted octanol–water partition coefficient (Wildman–Crippen LogP) is 5.55. The number of aromatic carboxylic acids is 1. The van der Waals surface area contributed by atoms with Crippen LogP contribution in [-0.2, 0) is 0 Å². The number of hydrogen-bond acceptors (Lipinski definition) is 2. The third-order valence-corrected chi connectivity index (χ3v) is 4.43. The molecule has 0 radical (unpaired) electrons. The van der Waals surface area contributed by atoms with E-state index in [0.717, 1.165) is 22.4 Å². The van der Waals surface area contributed by atoms with E-state index in [4.69, 9.17) is 9.52 Å². The quantitative estimate of drug-likeness (QED) is 0.510. The molecule has 2 aromatic carbocycles. The highest BCUT2D eigenvalue weighted by atomic mass is 19.1. The SMILES string of the molecule is Cc1cc(C)c2oc(-c3ccc(-c4ccc(C(=O)O)cc4)[nH]3)c(F)c2c1. The first-order valence-electron chi connectivity index (χ1n) is 8.16. The summed E-state index contributed by atoms with van der Waals surface area (Å²) < 4.78 is 20.6. The summed E-state index contributed by atoms with van der Waals surface area (Å²) in [6, 6.07) is 13.8. The monoisotopic (exact) mass is 349 g/mol. The maximum absolute atomic E-state index is 14.8. The van der Waals surface area contributed by atoms with Gasteiger partial charge in [-0.15, -0.1) is 0 Å². The van der Waals surface area contributed by atoms with Gasteiger partial charge in [0.1, 0.15) is 5.58 Å². The molecule has 0 aliphatic carbocycles. The van der Waals surface area contributed by atoms with E-state index in [9.17, 15) is 9.18 Å². The highest BCUT2D eigenvalue weighted by molar-refractivity contribution is 5.88. The van der Waals surface area contributed by atoms with Crippen LogP contribution in [0.1, 0.15) is 21.5 Å². The van der Waals surface area contributed by atoms with Crippen molar-refractivity contribution in [2.24, 2.45) is 0 Å². The fourth-order valence-corrected chi connectivity index (χ4v) is 3.18. The number of aromatic amines is 1. The van der Waals surface area contributed by atoms with Crippen molar-refractivity contribution in [1.29, 1.82) is 0 Å². The van der Waals surface area contributed by atoms with Crippen LogP contribution >= 0.6 is 0 Å². The highest BCUT2D eigenvalue weighted by Crippen LogP contribution is 2.35. The van der Waals surface area contributed by atoms with E-state index in [1.165, 1.54) is 12.1 Å². The van der Waals surface area contributed by atoms with Gasteiger partial charge in [0.2, 0.25) is 0 Å². The number of carbonyl (C=O) groups is 1. The van der Waals surface area contributed by atoms with Crippen LogP contribution in [0.15, 0.2) is 52.9 Å². The van der Waals surface area contributed by atoms with Crippen LogP contribution in [0.4, 0.5) is 4.39 Å². The first kappa shape index (κ1) is 16.1. The minimum atomic E-state index is -0.973. The average Bonchev–Trinajstić information content (AvgIpc) is 3.21. The Morgan fingerprint density at radius 2 is 1.73 bits per heavy atom. The molecule has 130 valence electrons. The molecule has 0 saturated heterocycles. The standard InChI is InChI=1S/C21H16FNO3/c1-11-9-12(2)19-15(10-11)18(22)20(26-19)17-8-7-16(23-17)13-3-5-14(6-4-13)21(24)25/h3-10,23H,1-2H3,(H,24,25). The summed E-state index contributed by atoms with van der Waals surface area (Å²) in [5.41, 5.74) is 4.73. The molecule has 0 aliphatic heterocycles. The van der Waals surface area contributed by atoms with E-state index in [1.54, 1.807) is 24.3 Å². The van der Waals surface area contributed by atoms with Crippen molar-refractivity contribution in [2.75, 3.05) is 0 Å². The molecule has 2 N–H and O–H groups in total. The zero-order valence-electron chi connectivity index (χ0n) is 14.3. The molecule has 26 heavy (non-hydrogen) atoms. The Morgan fingerprint density at radius 1 is 1.04 bits per heavy atom. The Bertz CT molecular complexity index is 1140. The first-order chi connectivity index (χ1) is 12.4. The molecule has 2 aromatic heterocycles. The predicted molar refractivity (Wildman–Crippen MR) is 97.8 cm³/mol. The lowest BCUT2D eigenvalue weighted by molar-refractivity contribution is 0.0697. The van der Waals surface area contributed by atoms with Crippen LogP contribution in [0.25, 0.3) is 33.7 Å². The third-order valence-electron chi connectivity index (χ3n) is 4.43. The number of aromatic nitrogens is 1. The second-order valence-corrected chi connectivity index (χ2v) is 6.37. The van der Waals surface area contributed by atoms with Gasteiger partial charge in [0.25, 0.3) is 0 Å². The molecule has 4 nitrogen and oxygen atoms in total. The van der Waals surface area contributed by atoms with Crippen molar-refractivity contribution in [3.05, 3.63) is 71.0 Å². The number of H-pyrrole nitrogens is 1. The van der Waals surface area contributed by atoms with Crippen LogP contribution in [0.5, 0.6) is 0 Å². The van der Waals surface area contributed by atoms with Crippen molar-refractivity contribution in [1.82, 2.24) is 4.98 Å². The molecule has 0 unspecified atom stereocenters. The number of rotatable bonds is 3. The lowest BCUT2D eigenvalue weighted by Crippen LogP contribution is -1.94. The Hall–Kier alpha value is -3.34. The lowest BCUT2D eigenvalue weighted by atomic mass is 10.1. The smallest absolute Gasteiger partial charge is 0.335 e. The van der Waals surface area contributed by atoms with E-state index in [0.29, 0.717) is 16.7 Å². The van der Waals surface area contributed by atoms with Gasteiger partial charge in [0, 0.05) is 5.69 Å². The van der Waals surface area contributed by atoms with Gasteiger partial charge in [-0.05, 0) is 60.9 Å². The zero-order valence-corrected chi connectivity index (χ0v) is 14.3. The van der Waals surface area contributed by atoms with Gasteiger partial charge >= 0.3 is 5.97 Å². The van der Waals surface area contributed by atoms with E-state index < -0.39 is 5.97 Å².